The Morgan fingerprint density at radius 1 is 1.20 bits per heavy atom. The van der Waals surface area contributed by atoms with Gasteiger partial charge in [0, 0.05) is 24.0 Å². The van der Waals surface area contributed by atoms with Gasteiger partial charge in [0.25, 0.3) is 0 Å². The van der Waals surface area contributed by atoms with Gasteiger partial charge in [-0.1, -0.05) is 30.3 Å². The summed E-state index contributed by atoms with van der Waals surface area (Å²) in [6.45, 7) is 3.49. The van der Waals surface area contributed by atoms with Crippen molar-refractivity contribution in [1.82, 2.24) is 4.90 Å². The van der Waals surface area contributed by atoms with Crippen LogP contribution in [0.5, 0.6) is 0 Å². The topological polar surface area (TPSA) is 29.3 Å². The second-order valence-electron chi connectivity index (χ2n) is 5.55. The number of fused-ring (bicyclic) bond motifs is 1. The molecule has 1 aliphatic rings. The second-order valence-corrected chi connectivity index (χ2v) is 6.56. The van der Waals surface area contributed by atoms with Crippen LogP contribution in [0.15, 0.2) is 41.8 Å². The molecular weight excluding hydrogens is 264 g/mol. The highest BCUT2D eigenvalue weighted by Gasteiger charge is 2.16. The molecule has 0 aliphatic carbocycles. The standard InChI is InChI=1S/C17H22N2S/c18-16(14-5-2-1-3-6-14)7-4-10-19-11-8-17-15(13-19)9-12-20-17/h1-3,5-6,9,12,16H,4,7-8,10-11,13,18H2. The average molecular weight is 286 g/mol. The van der Waals surface area contributed by atoms with Gasteiger partial charge in [-0.25, -0.2) is 0 Å². The molecule has 0 fully saturated rings. The van der Waals surface area contributed by atoms with Crippen LogP contribution in [0, 0.1) is 0 Å². The van der Waals surface area contributed by atoms with Crippen LogP contribution in [-0.4, -0.2) is 18.0 Å². The summed E-state index contributed by atoms with van der Waals surface area (Å²) in [4.78, 5) is 4.15. The first kappa shape index (κ1) is 13.8. The van der Waals surface area contributed by atoms with Crippen LogP contribution in [0.1, 0.15) is 34.9 Å². The number of nitrogens with zero attached hydrogens (tertiary/aromatic N) is 1. The molecule has 2 aromatic rings. The van der Waals surface area contributed by atoms with Crippen molar-refractivity contribution in [2.45, 2.75) is 31.8 Å². The third-order valence-electron chi connectivity index (χ3n) is 4.10. The molecule has 0 radical (unpaired) electrons. The Morgan fingerprint density at radius 2 is 2.05 bits per heavy atom. The molecule has 0 saturated heterocycles. The lowest BCUT2D eigenvalue weighted by Gasteiger charge is -2.27. The number of thiophene rings is 1. The van der Waals surface area contributed by atoms with Gasteiger partial charge >= 0.3 is 0 Å². The van der Waals surface area contributed by atoms with E-state index in [1.807, 2.05) is 17.4 Å². The molecule has 0 saturated carbocycles. The second kappa shape index (κ2) is 6.53. The average Bonchev–Trinajstić information content (AvgIpc) is 2.95. The lowest BCUT2D eigenvalue weighted by Crippen LogP contribution is -2.30. The van der Waals surface area contributed by atoms with Crippen molar-refractivity contribution in [3.8, 4) is 0 Å². The predicted molar refractivity (Wildman–Crippen MR) is 85.9 cm³/mol. The van der Waals surface area contributed by atoms with Crippen LogP contribution in [0.3, 0.4) is 0 Å². The number of rotatable bonds is 5. The van der Waals surface area contributed by atoms with Crippen LogP contribution in [0.2, 0.25) is 0 Å². The minimum Gasteiger partial charge on any atom is -0.324 e. The molecule has 1 aromatic carbocycles. The molecular formula is C17H22N2S. The molecule has 0 spiro atoms. The van der Waals surface area contributed by atoms with Gasteiger partial charge in [-0.15, -0.1) is 11.3 Å². The van der Waals surface area contributed by atoms with Crippen LogP contribution in [0.25, 0.3) is 0 Å². The largest absolute Gasteiger partial charge is 0.324 e. The highest BCUT2D eigenvalue weighted by atomic mass is 32.1. The van der Waals surface area contributed by atoms with E-state index >= 15 is 0 Å². The van der Waals surface area contributed by atoms with E-state index in [0.717, 1.165) is 19.5 Å². The SMILES string of the molecule is NC(CCCN1CCc2sccc2C1)c1ccccc1. The maximum atomic E-state index is 6.25. The van der Waals surface area contributed by atoms with E-state index in [4.69, 9.17) is 5.73 Å². The molecule has 2 nitrogen and oxygen atoms in total. The summed E-state index contributed by atoms with van der Waals surface area (Å²) >= 11 is 1.91. The van der Waals surface area contributed by atoms with Crippen molar-refractivity contribution in [3.05, 3.63) is 57.8 Å². The van der Waals surface area contributed by atoms with E-state index in [1.165, 1.54) is 30.5 Å². The first-order chi connectivity index (χ1) is 9.83. The van der Waals surface area contributed by atoms with Crippen molar-refractivity contribution < 1.29 is 0 Å². The van der Waals surface area contributed by atoms with Gasteiger partial charge in [0.1, 0.15) is 0 Å². The van der Waals surface area contributed by atoms with Gasteiger partial charge in [0.2, 0.25) is 0 Å². The summed E-state index contributed by atoms with van der Waals surface area (Å²) < 4.78 is 0. The van der Waals surface area contributed by atoms with Gasteiger partial charge in [0.15, 0.2) is 0 Å². The summed E-state index contributed by atoms with van der Waals surface area (Å²) in [5.74, 6) is 0. The smallest absolute Gasteiger partial charge is 0.0295 e. The molecule has 0 bridgehead atoms. The molecule has 3 heteroatoms. The van der Waals surface area contributed by atoms with Crippen LogP contribution in [-0.2, 0) is 13.0 Å². The maximum absolute atomic E-state index is 6.25. The molecule has 20 heavy (non-hydrogen) atoms. The van der Waals surface area contributed by atoms with Gasteiger partial charge in [-0.2, -0.15) is 0 Å². The summed E-state index contributed by atoms with van der Waals surface area (Å²) in [7, 11) is 0. The molecule has 1 atom stereocenters. The number of nitrogens with two attached hydrogens (primary N) is 1. The van der Waals surface area contributed by atoms with Crippen molar-refractivity contribution in [2.24, 2.45) is 5.73 Å². The van der Waals surface area contributed by atoms with Crippen molar-refractivity contribution in [1.29, 1.82) is 0 Å². The van der Waals surface area contributed by atoms with E-state index in [2.05, 4.69) is 40.6 Å². The Balaban J connectivity index is 1.45. The Morgan fingerprint density at radius 3 is 2.90 bits per heavy atom. The zero-order valence-corrected chi connectivity index (χ0v) is 12.6. The Labute approximate surface area is 125 Å². The fraction of sp³-hybridized carbons (Fsp3) is 0.412. The van der Waals surface area contributed by atoms with Gasteiger partial charge in [-0.05, 0) is 48.4 Å². The Kier molecular flexibility index (Phi) is 4.51. The number of benzene rings is 1. The first-order valence-corrected chi connectivity index (χ1v) is 8.29. The van der Waals surface area contributed by atoms with E-state index in [9.17, 15) is 0 Å². The van der Waals surface area contributed by atoms with E-state index < -0.39 is 0 Å². The van der Waals surface area contributed by atoms with E-state index in [1.54, 1.807) is 4.88 Å². The minimum absolute atomic E-state index is 0.178. The fourth-order valence-electron chi connectivity index (χ4n) is 2.90. The molecule has 2 heterocycles. The highest BCUT2D eigenvalue weighted by Crippen LogP contribution is 2.24. The molecule has 1 aromatic heterocycles. The van der Waals surface area contributed by atoms with Gasteiger partial charge in [0.05, 0.1) is 0 Å². The van der Waals surface area contributed by atoms with Crippen LogP contribution >= 0.6 is 11.3 Å². The van der Waals surface area contributed by atoms with Crippen molar-refractivity contribution in [3.63, 3.8) is 0 Å². The molecule has 1 unspecified atom stereocenters. The van der Waals surface area contributed by atoms with Gasteiger partial charge < -0.3 is 5.73 Å². The van der Waals surface area contributed by atoms with Crippen LogP contribution in [0.4, 0.5) is 0 Å². The number of hydrogen-bond acceptors (Lipinski definition) is 3. The fourth-order valence-corrected chi connectivity index (χ4v) is 3.79. The zero-order chi connectivity index (χ0) is 13.8. The van der Waals surface area contributed by atoms with Gasteiger partial charge in [-0.3, -0.25) is 4.90 Å². The molecule has 0 amide bonds. The summed E-state index contributed by atoms with van der Waals surface area (Å²) in [6, 6.07) is 12.9. The summed E-state index contributed by atoms with van der Waals surface area (Å²) in [5.41, 5.74) is 9.05. The Bertz CT molecular complexity index is 535. The zero-order valence-electron chi connectivity index (χ0n) is 11.8. The summed E-state index contributed by atoms with van der Waals surface area (Å²) in [5, 5.41) is 2.22. The quantitative estimate of drug-likeness (QED) is 0.910. The molecule has 106 valence electrons. The minimum atomic E-state index is 0.178. The maximum Gasteiger partial charge on any atom is 0.0295 e. The van der Waals surface area contributed by atoms with Crippen LogP contribution < -0.4 is 5.73 Å². The predicted octanol–water partition coefficient (Wildman–Crippen LogP) is 3.59. The third kappa shape index (κ3) is 3.29. The number of hydrogen-bond donors (Lipinski definition) is 1. The lowest BCUT2D eigenvalue weighted by atomic mass is 10.0. The third-order valence-corrected chi connectivity index (χ3v) is 5.13. The first-order valence-electron chi connectivity index (χ1n) is 7.41. The van der Waals surface area contributed by atoms with E-state index in [0.29, 0.717) is 0 Å². The highest BCUT2D eigenvalue weighted by molar-refractivity contribution is 7.10. The van der Waals surface area contributed by atoms with Crippen molar-refractivity contribution in [2.75, 3.05) is 13.1 Å². The lowest BCUT2D eigenvalue weighted by molar-refractivity contribution is 0.248. The molecule has 3 rings (SSSR count). The molecule has 1 aliphatic heterocycles. The monoisotopic (exact) mass is 286 g/mol. The molecule has 2 N–H and O–H groups in total. The Hall–Kier alpha value is -1.16. The van der Waals surface area contributed by atoms with Crippen molar-refractivity contribution >= 4 is 11.3 Å². The summed E-state index contributed by atoms with van der Waals surface area (Å²) in [6.07, 6.45) is 3.46. The normalized spacial score (nSPS) is 16.9. The van der Waals surface area contributed by atoms with E-state index in [-0.39, 0.29) is 6.04 Å².